The van der Waals surface area contributed by atoms with E-state index in [1.807, 2.05) is 20.0 Å². The summed E-state index contributed by atoms with van der Waals surface area (Å²) in [7, 11) is 0. The topological polar surface area (TPSA) is 61.0 Å². The zero-order valence-corrected chi connectivity index (χ0v) is 11.3. The number of hydrogen-bond acceptors (Lipinski definition) is 4. The Morgan fingerprint density at radius 1 is 1.35 bits per heavy atom. The highest BCUT2D eigenvalue weighted by Gasteiger charge is 2.28. The van der Waals surface area contributed by atoms with Crippen molar-refractivity contribution >= 4 is 0 Å². The third-order valence-electron chi connectivity index (χ3n) is 3.12. The Balaban J connectivity index is 3.13. The first kappa shape index (κ1) is 14.1. The van der Waals surface area contributed by atoms with Crippen molar-refractivity contribution in [3.63, 3.8) is 0 Å². The molecule has 1 unspecified atom stereocenters. The Morgan fingerprint density at radius 2 is 2.06 bits per heavy atom. The van der Waals surface area contributed by atoms with Gasteiger partial charge in [-0.15, -0.1) is 0 Å². The molecule has 1 heterocycles. The molecule has 96 valence electrons. The molecule has 0 aliphatic carbocycles. The lowest BCUT2D eigenvalue weighted by Gasteiger charge is -2.27. The Kier molecular flexibility index (Phi) is 5.02. The third kappa shape index (κ3) is 3.01. The van der Waals surface area contributed by atoms with Gasteiger partial charge in [0, 0.05) is 30.6 Å². The van der Waals surface area contributed by atoms with Gasteiger partial charge < -0.3 is 10.5 Å². The summed E-state index contributed by atoms with van der Waals surface area (Å²) < 4.78 is 5.78. The van der Waals surface area contributed by atoms with E-state index in [0.717, 1.165) is 29.9 Å². The van der Waals surface area contributed by atoms with Crippen LogP contribution in [-0.4, -0.2) is 16.6 Å². The van der Waals surface area contributed by atoms with Crippen LogP contribution >= 0.6 is 0 Å². The molecule has 1 rings (SSSR count). The monoisotopic (exact) mass is 237 g/mol. The van der Waals surface area contributed by atoms with Gasteiger partial charge in [0.25, 0.3) is 0 Å². The van der Waals surface area contributed by atoms with Crippen LogP contribution in [0, 0.1) is 0 Å². The largest absolute Gasteiger partial charge is 0.368 e. The average Bonchev–Trinajstić information content (AvgIpc) is 2.38. The second kappa shape index (κ2) is 6.07. The molecule has 0 amide bonds. The molecule has 4 heteroatoms. The quantitative estimate of drug-likeness (QED) is 0.823. The van der Waals surface area contributed by atoms with Gasteiger partial charge in [-0.05, 0) is 26.7 Å². The highest BCUT2D eigenvalue weighted by Crippen LogP contribution is 2.26. The summed E-state index contributed by atoms with van der Waals surface area (Å²) in [5.41, 5.74) is 7.31. The molecule has 0 aliphatic heterocycles. The second-order valence-electron chi connectivity index (χ2n) is 4.24. The molecule has 17 heavy (non-hydrogen) atoms. The van der Waals surface area contributed by atoms with E-state index in [1.54, 1.807) is 0 Å². The van der Waals surface area contributed by atoms with Gasteiger partial charge in [-0.25, -0.2) is 9.97 Å². The van der Waals surface area contributed by atoms with Crippen LogP contribution in [0.15, 0.2) is 6.20 Å². The van der Waals surface area contributed by atoms with Gasteiger partial charge in [0.05, 0.1) is 0 Å². The first-order chi connectivity index (χ1) is 8.11. The van der Waals surface area contributed by atoms with E-state index in [4.69, 9.17) is 10.5 Å². The van der Waals surface area contributed by atoms with E-state index in [-0.39, 0.29) is 0 Å². The molecule has 1 aromatic rings. The van der Waals surface area contributed by atoms with Crippen molar-refractivity contribution in [1.82, 2.24) is 9.97 Å². The van der Waals surface area contributed by atoms with Crippen LogP contribution in [0.25, 0.3) is 0 Å². The van der Waals surface area contributed by atoms with Crippen molar-refractivity contribution in [1.29, 1.82) is 0 Å². The molecule has 0 spiro atoms. The van der Waals surface area contributed by atoms with Crippen LogP contribution < -0.4 is 5.73 Å². The van der Waals surface area contributed by atoms with Gasteiger partial charge >= 0.3 is 0 Å². The Labute approximate surface area is 104 Å². The van der Waals surface area contributed by atoms with Crippen molar-refractivity contribution in [2.45, 2.75) is 52.7 Å². The summed E-state index contributed by atoms with van der Waals surface area (Å²) in [6.45, 7) is 9.34. The standard InChI is InChI=1S/C13H23N3O/c1-5-11-10(8-14)9-15-12(16-11)13(4,6-2)17-7-3/h9H,5-8,14H2,1-4H3. The molecule has 1 atom stereocenters. The van der Waals surface area contributed by atoms with E-state index in [0.29, 0.717) is 13.2 Å². The minimum atomic E-state index is -0.397. The molecule has 0 fully saturated rings. The molecule has 0 radical (unpaired) electrons. The van der Waals surface area contributed by atoms with E-state index in [1.165, 1.54) is 0 Å². The lowest BCUT2D eigenvalue weighted by atomic mass is 10.0. The SMILES string of the molecule is CCOC(C)(CC)c1ncc(CN)c(CC)n1. The number of nitrogens with two attached hydrogens (primary N) is 1. The molecule has 1 aromatic heterocycles. The summed E-state index contributed by atoms with van der Waals surface area (Å²) in [5.74, 6) is 0.760. The fourth-order valence-electron chi connectivity index (χ4n) is 1.82. The Bertz CT molecular complexity index is 368. The van der Waals surface area contributed by atoms with Crippen molar-refractivity contribution in [2.75, 3.05) is 6.61 Å². The Hall–Kier alpha value is -1.00. The fourth-order valence-corrected chi connectivity index (χ4v) is 1.82. The van der Waals surface area contributed by atoms with E-state index in [2.05, 4.69) is 23.8 Å². The van der Waals surface area contributed by atoms with E-state index < -0.39 is 5.60 Å². The molecule has 0 aliphatic rings. The average molecular weight is 237 g/mol. The summed E-state index contributed by atoms with van der Waals surface area (Å²) in [6.07, 6.45) is 3.55. The van der Waals surface area contributed by atoms with Gasteiger partial charge in [-0.2, -0.15) is 0 Å². The predicted octanol–water partition coefficient (Wildman–Crippen LogP) is 2.16. The minimum absolute atomic E-state index is 0.397. The van der Waals surface area contributed by atoms with Crippen LogP contribution in [0.4, 0.5) is 0 Å². The van der Waals surface area contributed by atoms with Gasteiger partial charge in [0.1, 0.15) is 5.60 Å². The first-order valence-electron chi connectivity index (χ1n) is 6.30. The second-order valence-corrected chi connectivity index (χ2v) is 4.24. The molecular weight excluding hydrogens is 214 g/mol. The predicted molar refractivity (Wildman–Crippen MR) is 68.6 cm³/mol. The maximum atomic E-state index is 5.78. The van der Waals surface area contributed by atoms with Gasteiger partial charge in [0.2, 0.25) is 0 Å². The number of hydrogen-bond donors (Lipinski definition) is 1. The third-order valence-corrected chi connectivity index (χ3v) is 3.12. The highest BCUT2D eigenvalue weighted by atomic mass is 16.5. The zero-order valence-electron chi connectivity index (χ0n) is 11.3. The first-order valence-corrected chi connectivity index (χ1v) is 6.30. The van der Waals surface area contributed by atoms with Crippen molar-refractivity contribution < 1.29 is 4.74 Å². The molecule has 0 saturated heterocycles. The molecular formula is C13H23N3O. The van der Waals surface area contributed by atoms with Crippen molar-refractivity contribution in [3.8, 4) is 0 Å². The molecule has 0 bridgehead atoms. The molecule has 4 nitrogen and oxygen atoms in total. The molecule has 0 aromatic carbocycles. The molecule has 2 N–H and O–H groups in total. The van der Waals surface area contributed by atoms with E-state index >= 15 is 0 Å². The number of rotatable bonds is 6. The van der Waals surface area contributed by atoms with Crippen LogP contribution in [0.5, 0.6) is 0 Å². The van der Waals surface area contributed by atoms with Gasteiger partial charge in [-0.1, -0.05) is 13.8 Å². The minimum Gasteiger partial charge on any atom is -0.368 e. The van der Waals surface area contributed by atoms with Crippen molar-refractivity contribution in [2.24, 2.45) is 5.73 Å². The maximum Gasteiger partial charge on any atom is 0.160 e. The summed E-state index contributed by atoms with van der Waals surface area (Å²) in [6, 6.07) is 0. The number of nitrogens with zero attached hydrogens (tertiary/aromatic N) is 2. The highest BCUT2D eigenvalue weighted by molar-refractivity contribution is 5.19. The number of aromatic nitrogens is 2. The zero-order chi connectivity index (χ0) is 12.9. The summed E-state index contributed by atoms with van der Waals surface area (Å²) in [5, 5.41) is 0. The van der Waals surface area contributed by atoms with Gasteiger partial charge in [-0.3, -0.25) is 0 Å². The fraction of sp³-hybridized carbons (Fsp3) is 0.692. The van der Waals surface area contributed by atoms with Crippen LogP contribution in [0.2, 0.25) is 0 Å². The Morgan fingerprint density at radius 3 is 2.53 bits per heavy atom. The van der Waals surface area contributed by atoms with Crippen LogP contribution in [0.1, 0.15) is 51.2 Å². The smallest absolute Gasteiger partial charge is 0.160 e. The van der Waals surface area contributed by atoms with Crippen LogP contribution in [0.3, 0.4) is 0 Å². The summed E-state index contributed by atoms with van der Waals surface area (Å²) in [4.78, 5) is 9.01. The summed E-state index contributed by atoms with van der Waals surface area (Å²) >= 11 is 0. The van der Waals surface area contributed by atoms with Crippen LogP contribution in [-0.2, 0) is 23.3 Å². The normalized spacial score (nSPS) is 14.6. The molecule has 0 saturated carbocycles. The van der Waals surface area contributed by atoms with Crippen molar-refractivity contribution in [3.05, 3.63) is 23.3 Å². The lowest BCUT2D eigenvalue weighted by Crippen LogP contribution is -2.28. The number of ether oxygens (including phenoxy) is 1. The van der Waals surface area contributed by atoms with E-state index in [9.17, 15) is 0 Å². The maximum absolute atomic E-state index is 5.78. The number of aryl methyl sites for hydroxylation is 1. The van der Waals surface area contributed by atoms with Gasteiger partial charge in [0.15, 0.2) is 5.82 Å². The lowest BCUT2D eigenvalue weighted by molar-refractivity contribution is -0.0392.